The first kappa shape index (κ1) is 13.8. The molecule has 5 heteroatoms. The summed E-state index contributed by atoms with van der Waals surface area (Å²) in [5, 5.41) is 11.8. The van der Waals surface area contributed by atoms with Crippen LogP contribution in [0.1, 0.15) is 47.0 Å². The Morgan fingerprint density at radius 3 is 2.35 bits per heavy atom. The highest BCUT2D eigenvalue weighted by Gasteiger charge is 2.46. The molecule has 0 unspecified atom stereocenters. The Morgan fingerprint density at radius 1 is 1.41 bits per heavy atom. The quantitative estimate of drug-likeness (QED) is 0.779. The van der Waals surface area contributed by atoms with Crippen LogP contribution in [0.2, 0.25) is 0 Å². The number of carboxylic acids is 1. The lowest BCUT2D eigenvalue weighted by atomic mass is 9.97. The van der Waals surface area contributed by atoms with Crippen LogP contribution in [0.5, 0.6) is 0 Å². The average Bonchev–Trinajstić information content (AvgIpc) is 2.44. The summed E-state index contributed by atoms with van der Waals surface area (Å²) in [6.07, 6.45) is 1.07. The van der Waals surface area contributed by atoms with Crippen LogP contribution in [0.25, 0.3) is 0 Å². The summed E-state index contributed by atoms with van der Waals surface area (Å²) in [6, 6.07) is 0. The van der Waals surface area contributed by atoms with Gasteiger partial charge in [-0.2, -0.15) is 0 Å². The van der Waals surface area contributed by atoms with Gasteiger partial charge in [0.05, 0.1) is 0 Å². The lowest BCUT2D eigenvalue weighted by Crippen LogP contribution is -2.53. The van der Waals surface area contributed by atoms with Gasteiger partial charge < -0.3 is 15.2 Å². The maximum absolute atomic E-state index is 11.6. The SMILES string of the molecule is C[C@H]1CC[C@@](NC(=O)OC(C)(C)C)(C(=O)O)C1. The van der Waals surface area contributed by atoms with E-state index < -0.39 is 23.2 Å². The Morgan fingerprint density at radius 2 is 2.00 bits per heavy atom. The Hall–Kier alpha value is -1.26. The highest BCUT2D eigenvalue weighted by molar-refractivity contribution is 5.84. The van der Waals surface area contributed by atoms with Gasteiger partial charge in [0, 0.05) is 0 Å². The molecule has 98 valence electrons. The molecule has 2 atom stereocenters. The Bertz CT molecular complexity index is 321. The molecule has 2 N–H and O–H groups in total. The van der Waals surface area contributed by atoms with Gasteiger partial charge in [-0.3, -0.25) is 0 Å². The monoisotopic (exact) mass is 243 g/mol. The highest BCUT2D eigenvalue weighted by Crippen LogP contribution is 2.34. The Kier molecular flexibility index (Phi) is 3.69. The summed E-state index contributed by atoms with van der Waals surface area (Å²) in [4.78, 5) is 22.9. The van der Waals surface area contributed by atoms with E-state index in [1.54, 1.807) is 20.8 Å². The number of nitrogens with one attached hydrogen (secondary N) is 1. The largest absolute Gasteiger partial charge is 0.480 e. The van der Waals surface area contributed by atoms with Crippen LogP contribution in [0.3, 0.4) is 0 Å². The van der Waals surface area contributed by atoms with Crippen molar-refractivity contribution in [2.24, 2.45) is 5.92 Å². The van der Waals surface area contributed by atoms with Gasteiger partial charge in [-0.05, 0) is 46.0 Å². The molecule has 0 bridgehead atoms. The molecule has 0 aromatic heterocycles. The molecular weight excluding hydrogens is 222 g/mol. The zero-order chi connectivity index (χ0) is 13.3. The number of rotatable bonds is 2. The van der Waals surface area contributed by atoms with Crippen LogP contribution in [0, 0.1) is 5.92 Å². The van der Waals surface area contributed by atoms with E-state index in [1.807, 2.05) is 6.92 Å². The second-order valence-electron chi connectivity index (χ2n) is 5.86. The van der Waals surface area contributed by atoms with Crippen molar-refractivity contribution in [2.45, 2.75) is 58.1 Å². The fourth-order valence-electron chi connectivity index (χ4n) is 2.15. The third-order valence-electron chi connectivity index (χ3n) is 2.91. The van der Waals surface area contributed by atoms with Gasteiger partial charge in [0.15, 0.2) is 0 Å². The molecule has 17 heavy (non-hydrogen) atoms. The zero-order valence-corrected chi connectivity index (χ0v) is 10.9. The minimum Gasteiger partial charge on any atom is -0.480 e. The molecule has 5 nitrogen and oxygen atoms in total. The molecule has 0 radical (unpaired) electrons. The maximum atomic E-state index is 11.6. The molecule has 0 aromatic carbocycles. The average molecular weight is 243 g/mol. The Labute approximate surface area is 102 Å². The molecule has 0 spiro atoms. The Balaban J connectivity index is 2.69. The molecule has 0 saturated heterocycles. The standard InChI is InChI=1S/C12H21NO4/c1-8-5-6-12(7-8,9(14)15)13-10(16)17-11(2,3)4/h8H,5-7H2,1-4H3,(H,13,16)(H,14,15)/t8-,12-/m0/s1. The van der Waals surface area contributed by atoms with Crippen molar-refractivity contribution in [1.82, 2.24) is 5.32 Å². The molecule has 1 aliphatic carbocycles. The van der Waals surface area contributed by atoms with Gasteiger partial charge in [0.2, 0.25) is 0 Å². The number of hydrogen-bond acceptors (Lipinski definition) is 3. The summed E-state index contributed by atoms with van der Waals surface area (Å²) in [5.74, 6) is -0.672. The number of amides is 1. The molecule has 1 aliphatic rings. The number of hydrogen-bond donors (Lipinski definition) is 2. The number of aliphatic carboxylic acids is 1. The highest BCUT2D eigenvalue weighted by atomic mass is 16.6. The lowest BCUT2D eigenvalue weighted by molar-refractivity contribution is -0.144. The van der Waals surface area contributed by atoms with E-state index in [9.17, 15) is 14.7 Å². The van der Waals surface area contributed by atoms with Crippen molar-refractivity contribution >= 4 is 12.1 Å². The maximum Gasteiger partial charge on any atom is 0.408 e. The van der Waals surface area contributed by atoms with Crippen LogP contribution in [0.15, 0.2) is 0 Å². The third kappa shape index (κ3) is 3.61. The molecular formula is C12H21NO4. The topological polar surface area (TPSA) is 75.6 Å². The molecule has 0 aliphatic heterocycles. The normalized spacial score (nSPS) is 28.8. The van der Waals surface area contributed by atoms with Crippen molar-refractivity contribution in [1.29, 1.82) is 0 Å². The van der Waals surface area contributed by atoms with Crippen molar-refractivity contribution in [3.05, 3.63) is 0 Å². The molecule has 0 aromatic rings. The van der Waals surface area contributed by atoms with Gasteiger partial charge >= 0.3 is 12.1 Å². The predicted molar refractivity (Wildman–Crippen MR) is 62.8 cm³/mol. The van der Waals surface area contributed by atoms with E-state index in [0.717, 1.165) is 6.42 Å². The second-order valence-corrected chi connectivity index (χ2v) is 5.86. The fraction of sp³-hybridized carbons (Fsp3) is 0.833. The van der Waals surface area contributed by atoms with Crippen molar-refractivity contribution < 1.29 is 19.4 Å². The van der Waals surface area contributed by atoms with E-state index in [2.05, 4.69) is 5.32 Å². The van der Waals surface area contributed by atoms with E-state index in [0.29, 0.717) is 18.8 Å². The van der Waals surface area contributed by atoms with Crippen molar-refractivity contribution in [3.63, 3.8) is 0 Å². The summed E-state index contributed by atoms with van der Waals surface area (Å²) in [6.45, 7) is 7.23. The second kappa shape index (κ2) is 4.55. The number of alkyl carbamates (subject to hydrolysis) is 1. The summed E-state index contributed by atoms with van der Waals surface area (Å²) in [5.41, 5.74) is -1.77. The van der Waals surface area contributed by atoms with Gasteiger partial charge in [0.1, 0.15) is 11.1 Å². The van der Waals surface area contributed by atoms with Crippen molar-refractivity contribution in [3.8, 4) is 0 Å². The first-order valence-electron chi connectivity index (χ1n) is 5.89. The van der Waals surface area contributed by atoms with E-state index in [4.69, 9.17) is 4.74 Å². The minimum absolute atomic E-state index is 0.307. The number of ether oxygens (including phenoxy) is 1. The lowest BCUT2D eigenvalue weighted by Gasteiger charge is -2.28. The number of carbonyl (C=O) groups excluding carboxylic acids is 1. The van der Waals surface area contributed by atoms with Crippen LogP contribution < -0.4 is 5.32 Å². The molecule has 1 rings (SSSR count). The van der Waals surface area contributed by atoms with Crippen LogP contribution in [0.4, 0.5) is 4.79 Å². The number of carbonyl (C=O) groups is 2. The van der Waals surface area contributed by atoms with E-state index in [-0.39, 0.29) is 0 Å². The minimum atomic E-state index is -1.15. The first-order chi connectivity index (χ1) is 7.65. The van der Waals surface area contributed by atoms with Gasteiger partial charge in [-0.25, -0.2) is 9.59 Å². The van der Waals surface area contributed by atoms with Gasteiger partial charge in [-0.1, -0.05) is 6.92 Å². The van der Waals surface area contributed by atoms with Crippen molar-refractivity contribution in [2.75, 3.05) is 0 Å². The summed E-state index contributed by atoms with van der Waals surface area (Å²) >= 11 is 0. The van der Waals surface area contributed by atoms with Crippen LogP contribution in [-0.2, 0) is 9.53 Å². The van der Waals surface area contributed by atoms with Crippen LogP contribution >= 0.6 is 0 Å². The fourth-order valence-corrected chi connectivity index (χ4v) is 2.15. The zero-order valence-electron chi connectivity index (χ0n) is 10.9. The summed E-state index contributed by atoms with van der Waals surface area (Å²) < 4.78 is 5.10. The molecule has 1 fully saturated rings. The summed E-state index contributed by atoms with van der Waals surface area (Å²) in [7, 11) is 0. The van der Waals surface area contributed by atoms with Gasteiger partial charge in [-0.15, -0.1) is 0 Å². The van der Waals surface area contributed by atoms with Gasteiger partial charge in [0.25, 0.3) is 0 Å². The molecule has 0 heterocycles. The third-order valence-corrected chi connectivity index (χ3v) is 2.91. The first-order valence-corrected chi connectivity index (χ1v) is 5.89. The molecule has 1 saturated carbocycles. The van der Waals surface area contributed by atoms with E-state index >= 15 is 0 Å². The number of carboxylic acid groups (broad SMARTS) is 1. The van der Waals surface area contributed by atoms with E-state index in [1.165, 1.54) is 0 Å². The predicted octanol–water partition coefficient (Wildman–Crippen LogP) is 2.15. The molecule has 1 amide bonds. The van der Waals surface area contributed by atoms with Crippen LogP contribution in [-0.4, -0.2) is 28.3 Å². The smallest absolute Gasteiger partial charge is 0.408 e.